The summed E-state index contributed by atoms with van der Waals surface area (Å²) in [5, 5.41) is 0. The molecule has 1 aliphatic rings. The Hall–Kier alpha value is -2.95. The summed E-state index contributed by atoms with van der Waals surface area (Å²) in [7, 11) is 1.52. The predicted molar refractivity (Wildman–Crippen MR) is 136 cm³/mol. The third kappa shape index (κ3) is 5.50. The minimum atomic E-state index is -0.390. The van der Waals surface area contributed by atoms with Crippen LogP contribution in [0.15, 0.2) is 42.6 Å². The average molecular weight is 480 g/mol. The largest absolute Gasteiger partial charge is 0.486 e. The van der Waals surface area contributed by atoms with Gasteiger partial charge in [-0.15, -0.1) is 0 Å². The van der Waals surface area contributed by atoms with Crippen LogP contribution in [0.2, 0.25) is 0 Å². The van der Waals surface area contributed by atoms with Crippen LogP contribution in [0.4, 0.5) is 8.78 Å². The maximum absolute atomic E-state index is 15.1. The second-order valence-electron chi connectivity index (χ2n) is 10.5. The smallest absolute Gasteiger partial charge is 0.213 e. The lowest BCUT2D eigenvalue weighted by molar-refractivity contribution is 0.288. The quantitative estimate of drug-likeness (QED) is 0.311. The van der Waals surface area contributed by atoms with Crippen molar-refractivity contribution in [1.82, 2.24) is 4.98 Å². The standard InChI is InChI=1S/C30H35F2NO2/c1-6-13-30(3,4)16-22-14-20(8-11-23(22)24-15-27(34-5)33-17-25(24)31)18-35-26-12-10-21-9-7-19(2)28(21)29(26)32/h8,10-12,14-15,17,19H,6-7,9,13,16,18H2,1-5H3. The molecular weight excluding hydrogens is 444 g/mol. The van der Waals surface area contributed by atoms with Crippen LogP contribution >= 0.6 is 0 Å². The topological polar surface area (TPSA) is 31.4 Å². The van der Waals surface area contributed by atoms with E-state index in [1.165, 1.54) is 13.3 Å². The van der Waals surface area contributed by atoms with Gasteiger partial charge in [-0.2, -0.15) is 0 Å². The van der Waals surface area contributed by atoms with Gasteiger partial charge in [0.15, 0.2) is 11.6 Å². The lowest BCUT2D eigenvalue weighted by atomic mass is 9.79. The van der Waals surface area contributed by atoms with E-state index in [9.17, 15) is 4.39 Å². The Morgan fingerprint density at radius 1 is 1.09 bits per heavy atom. The van der Waals surface area contributed by atoms with Crippen LogP contribution < -0.4 is 9.47 Å². The summed E-state index contributed by atoms with van der Waals surface area (Å²) in [5.74, 6) is 0.249. The first-order valence-electron chi connectivity index (χ1n) is 12.5. The van der Waals surface area contributed by atoms with Crippen molar-refractivity contribution in [2.24, 2.45) is 5.41 Å². The first kappa shape index (κ1) is 25.2. The van der Waals surface area contributed by atoms with Crippen molar-refractivity contribution < 1.29 is 18.3 Å². The number of hydrogen-bond donors (Lipinski definition) is 0. The zero-order valence-corrected chi connectivity index (χ0v) is 21.4. The third-order valence-corrected chi connectivity index (χ3v) is 7.06. The number of aryl methyl sites for hydroxylation is 1. The van der Waals surface area contributed by atoms with Gasteiger partial charge in [-0.05, 0) is 70.9 Å². The van der Waals surface area contributed by atoms with Gasteiger partial charge in [-0.1, -0.05) is 58.4 Å². The van der Waals surface area contributed by atoms with E-state index in [-0.39, 0.29) is 23.8 Å². The number of hydrogen-bond acceptors (Lipinski definition) is 3. The van der Waals surface area contributed by atoms with Gasteiger partial charge < -0.3 is 9.47 Å². The zero-order valence-electron chi connectivity index (χ0n) is 21.4. The van der Waals surface area contributed by atoms with E-state index in [0.717, 1.165) is 59.9 Å². The van der Waals surface area contributed by atoms with Gasteiger partial charge in [0.2, 0.25) is 5.88 Å². The van der Waals surface area contributed by atoms with Crippen LogP contribution in [-0.4, -0.2) is 12.1 Å². The van der Waals surface area contributed by atoms with E-state index in [1.807, 2.05) is 18.2 Å². The molecule has 0 fully saturated rings. The number of methoxy groups -OCH3 is 1. The number of ether oxygens (including phenoxy) is 2. The molecule has 1 aromatic heterocycles. The summed E-state index contributed by atoms with van der Waals surface area (Å²) in [4.78, 5) is 3.98. The molecule has 4 rings (SSSR count). The van der Waals surface area contributed by atoms with Crippen molar-refractivity contribution in [2.45, 2.75) is 72.3 Å². The third-order valence-electron chi connectivity index (χ3n) is 7.06. The Kier molecular flexibility index (Phi) is 7.44. The molecule has 3 aromatic rings. The van der Waals surface area contributed by atoms with Gasteiger partial charge in [0.25, 0.3) is 0 Å². The molecule has 0 spiro atoms. The molecular formula is C30H35F2NO2. The molecule has 0 aliphatic heterocycles. The fourth-order valence-corrected chi connectivity index (χ4v) is 5.32. The predicted octanol–water partition coefficient (Wildman–Crippen LogP) is 8.03. The highest BCUT2D eigenvalue weighted by Gasteiger charge is 2.25. The monoisotopic (exact) mass is 479 g/mol. The van der Waals surface area contributed by atoms with Crippen molar-refractivity contribution in [3.05, 3.63) is 76.5 Å². The van der Waals surface area contributed by atoms with Crippen molar-refractivity contribution in [3.8, 4) is 22.8 Å². The molecule has 0 saturated carbocycles. The second kappa shape index (κ2) is 10.3. The molecule has 1 aliphatic carbocycles. The fraction of sp³-hybridized carbons (Fsp3) is 0.433. The molecule has 35 heavy (non-hydrogen) atoms. The Bertz CT molecular complexity index is 1210. The molecule has 0 amide bonds. The molecule has 0 bridgehead atoms. The summed E-state index contributed by atoms with van der Waals surface area (Å²) >= 11 is 0. The molecule has 186 valence electrons. The number of aromatic nitrogens is 1. The van der Waals surface area contributed by atoms with Crippen molar-refractivity contribution in [1.29, 1.82) is 0 Å². The molecule has 2 aromatic carbocycles. The Morgan fingerprint density at radius 2 is 1.89 bits per heavy atom. The van der Waals surface area contributed by atoms with Crippen molar-refractivity contribution in [3.63, 3.8) is 0 Å². The van der Waals surface area contributed by atoms with Crippen LogP contribution in [0.3, 0.4) is 0 Å². The normalized spacial score (nSPS) is 15.2. The van der Waals surface area contributed by atoms with E-state index in [0.29, 0.717) is 17.2 Å². The van der Waals surface area contributed by atoms with Gasteiger partial charge in [0, 0.05) is 11.6 Å². The summed E-state index contributed by atoms with van der Waals surface area (Å²) in [6.07, 6.45) is 5.99. The van der Waals surface area contributed by atoms with Gasteiger partial charge in [0.1, 0.15) is 12.4 Å². The van der Waals surface area contributed by atoms with E-state index >= 15 is 4.39 Å². The van der Waals surface area contributed by atoms with E-state index < -0.39 is 5.82 Å². The molecule has 3 nitrogen and oxygen atoms in total. The van der Waals surface area contributed by atoms with Gasteiger partial charge in [-0.3, -0.25) is 0 Å². The van der Waals surface area contributed by atoms with Crippen LogP contribution in [-0.2, 0) is 19.4 Å². The average Bonchev–Trinajstić information content (AvgIpc) is 3.20. The highest BCUT2D eigenvalue weighted by atomic mass is 19.1. The van der Waals surface area contributed by atoms with Crippen LogP contribution in [0.1, 0.15) is 75.1 Å². The molecule has 1 heterocycles. The van der Waals surface area contributed by atoms with Crippen LogP contribution in [0.25, 0.3) is 11.1 Å². The molecule has 0 saturated heterocycles. The summed E-state index contributed by atoms with van der Waals surface area (Å²) in [6.45, 7) is 8.94. The number of halogens is 2. The van der Waals surface area contributed by atoms with E-state index in [2.05, 4.69) is 38.7 Å². The Balaban J connectivity index is 1.66. The molecule has 0 N–H and O–H groups in total. The highest BCUT2D eigenvalue weighted by Crippen LogP contribution is 2.39. The van der Waals surface area contributed by atoms with Crippen molar-refractivity contribution in [2.75, 3.05) is 7.11 Å². The summed E-state index contributed by atoms with van der Waals surface area (Å²) < 4.78 is 41.1. The SMILES string of the molecule is CCCC(C)(C)Cc1cc(COc2ccc3c(c2F)C(C)CC3)ccc1-c1cc(OC)ncc1F. The Morgan fingerprint density at radius 3 is 2.63 bits per heavy atom. The first-order chi connectivity index (χ1) is 16.7. The lowest BCUT2D eigenvalue weighted by Crippen LogP contribution is -2.15. The van der Waals surface area contributed by atoms with Gasteiger partial charge in [-0.25, -0.2) is 13.8 Å². The number of nitrogens with zero attached hydrogens (tertiary/aromatic N) is 1. The summed E-state index contributed by atoms with van der Waals surface area (Å²) in [6, 6.07) is 11.3. The number of benzene rings is 2. The molecule has 1 atom stereocenters. The minimum Gasteiger partial charge on any atom is -0.486 e. The molecule has 1 unspecified atom stereocenters. The maximum Gasteiger partial charge on any atom is 0.213 e. The molecule has 0 radical (unpaired) electrons. The van der Waals surface area contributed by atoms with Gasteiger partial charge >= 0.3 is 0 Å². The Labute approximate surface area is 207 Å². The maximum atomic E-state index is 15.1. The van der Waals surface area contributed by atoms with Crippen LogP contribution in [0, 0.1) is 17.0 Å². The van der Waals surface area contributed by atoms with E-state index in [1.54, 1.807) is 12.1 Å². The van der Waals surface area contributed by atoms with Crippen LogP contribution in [0.5, 0.6) is 11.6 Å². The number of fused-ring (bicyclic) bond motifs is 1. The first-order valence-corrected chi connectivity index (χ1v) is 12.5. The fourth-order valence-electron chi connectivity index (χ4n) is 5.32. The molecule has 5 heteroatoms. The number of rotatable bonds is 9. The number of pyridine rings is 1. The highest BCUT2D eigenvalue weighted by molar-refractivity contribution is 5.69. The summed E-state index contributed by atoms with van der Waals surface area (Å²) in [5.41, 5.74) is 5.15. The van der Waals surface area contributed by atoms with E-state index in [4.69, 9.17) is 9.47 Å². The van der Waals surface area contributed by atoms with Gasteiger partial charge in [0.05, 0.1) is 13.3 Å². The second-order valence-corrected chi connectivity index (χ2v) is 10.5. The van der Waals surface area contributed by atoms with Crippen molar-refractivity contribution >= 4 is 0 Å². The zero-order chi connectivity index (χ0) is 25.2. The minimum absolute atomic E-state index is 0.0405. The lowest BCUT2D eigenvalue weighted by Gasteiger charge is -2.26.